The summed E-state index contributed by atoms with van der Waals surface area (Å²) in [5, 5.41) is 10.9. The lowest BCUT2D eigenvalue weighted by atomic mass is 10.2. The Morgan fingerprint density at radius 3 is 2.81 bits per heavy atom. The first-order valence-corrected chi connectivity index (χ1v) is 5.07. The zero-order chi connectivity index (χ0) is 12.1. The van der Waals surface area contributed by atoms with Gasteiger partial charge in [-0.2, -0.15) is 0 Å². The molecule has 16 heavy (non-hydrogen) atoms. The van der Waals surface area contributed by atoms with Crippen LogP contribution in [0.5, 0.6) is 0 Å². The number of nitrogens with zero attached hydrogens (tertiary/aromatic N) is 1. The first kappa shape index (κ1) is 12.2. The number of urea groups is 1. The molecule has 1 fully saturated rings. The van der Waals surface area contributed by atoms with E-state index in [-0.39, 0.29) is 12.5 Å². The van der Waals surface area contributed by atoms with Crippen molar-refractivity contribution in [3.05, 3.63) is 12.2 Å². The van der Waals surface area contributed by atoms with Crippen molar-refractivity contribution in [2.45, 2.75) is 25.8 Å². The summed E-state index contributed by atoms with van der Waals surface area (Å²) in [6.07, 6.45) is 3.58. The predicted molar refractivity (Wildman–Crippen MR) is 55.7 cm³/mol. The van der Waals surface area contributed by atoms with Crippen LogP contribution in [0.1, 0.15) is 19.8 Å². The maximum Gasteiger partial charge on any atom is 0.328 e. The first-order chi connectivity index (χ1) is 7.56. The monoisotopic (exact) mass is 226 g/mol. The molecule has 0 spiro atoms. The van der Waals surface area contributed by atoms with E-state index in [1.807, 2.05) is 6.92 Å². The number of hydrogen-bond acceptors (Lipinski definition) is 3. The van der Waals surface area contributed by atoms with E-state index in [2.05, 4.69) is 5.32 Å². The fraction of sp³-hybridized carbons (Fsp3) is 0.500. The molecule has 0 aliphatic carbocycles. The molecule has 6 nitrogen and oxygen atoms in total. The van der Waals surface area contributed by atoms with E-state index in [1.54, 1.807) is 0 Å². The van der Waals surface area contributed by atoms with Crippen molar-refractivity contribution in [1.29, 1.82) is 0 Å². The largest absolute Gasteiger partial charge is 0.478 e. The molecular formula is C10H14N2O4. The molecule has 3 amide bonds. The smallest absolute Gasteiger partial charge is 0.328 e. The van der Waals surface area contributed by atoms with Gasteiger partial charge in [-0.25, -0.2) is 9.59 Å². The second kappa shape index (κ2) is 5.29. The lowest BCUT2D eigenvalue weighted by Crippen LogP contribution is -2.31. The fourth-order valence-corrected chi connectivity index (χ4v) is 1.49. The maximum atomic E-state index is 11.6. The number of nitrogens with one attached hydrogen (secondary N) is 1. The van der Waals surface area contributed by atoms with Crippen molar-refractivity contribution in [3.63, 3.8) is 0 Å². The number of aliphatic carboxylic acids is 1. The minimum Gasteiger partial charge on any atom is -0.478 e. The maximum absolute atomic E-state index is 11.6. The van der Waals surface area contributed by atoms with Gasteiger partial charge in [0.05, 0.1) is 0 Å². The van der Waals surface area contributed by atoms with Crippen LogP contribution < -0.4 is 5.32 Å². The van der Waals surface area contributed by atoms with Crippen LogP contribution in [0.2, 0.25) is 0 Å². The van der Waals surface area contributed by atoms with Crippen LogP contribution in [0.15, 0.2) is 12.2 Å². The highest BCUT2D eigenvalue weighted by molar-refractivity contribution is 6.04. The number of imide groups is 1. The van der Waals surface area contributed by atoms with Gasteiger partial charge in [0.25, 0.3) is 5.91 Å². The van der Waals surface area contributed by atoms with Gasteiger partial charge in [-0.3, -0.25) is 9.69 Å². The van der Waals surface area contributed by atoms with E-state index in [1.165, 1.54) is 6.08 Å². The third-order valence-electron chi connectivity index (χ3n) is 2.23. The highest BCUT2D eigenvalue weighted by atomic mass is 16.4. The Bertz CT molecular complexity index is 338. The molecule has 1 unspecified atom stereocenters. The van der Waals surface area contributed by atoms with Gasteiger partial charge in [0.1, 0.15) is 6.04 Å². The molecular weight excluding hydrogens is 212 g/mol. The Kier molecular flexibility index (Phi) is 4.04. The van der Waals surface area contributed by atoms with Crippen LogP contribution in [0.3, 0.4) is 0 Å². The van der Waals surface area contributed by atoms with E-state index >= 15 is 0 Å². The van der Waals surface area contributed by atoms with E-state index in [0.29, 0.717) is 6.42 Å². The Morgan fingerprint density at radius 2 is 2.25 bits per heavy atom. The van der Waals surface area contributed by atoms with E-state index < -0.39 is 18.0 Å². The Balaban J connectivity index is 2.57. The normalized spacial score (nSPS) is 20.6. The number of hydrogen-bond donors (Lipinski definition) is 2. The lowest BCUT2D eigenvalue weighted by molar-refractivity contribution is -0.131. The molecule has 0 aromatic heterocycles. The van der Waals surface area contributed by atoms with Crippen molar-refractivity contribution in [3.8, 4) is 0 Å². The standard InChI is InChI=1S/C10H14N2O4/c1-2-4-7-9(15)12(10(16)11-7)6-3-5-8(13)14/h3,5,7H,2,4,6H2,1H3,(H,11,16)(H,13,14). The number of carboxylic acids is 1. The summed E-state index contributed by atoms with van der Waals surface area (Å²) in [6, 6.07) is -0.922. The summed E-state index contributed by atoms with van der Waals surface area (Å²) < 4.78 is 0. The molecule has 0 bridgehead atoms. The van der Waals surface area contributed by atoms with Crippen molar-refractivity contribution in [1.82, 2.24) is 10.2 Å². The average Bonchev–Trinajstić information content (AvgIpc) is 2.45. The van der Waals surface area contributed by atoms with Crippen LogP contribution in [0.4, 0.5) is 4.79 Å². The highest BCUT2D eigenvalue weighted by Gasteiger charge is 2.36. The number of rotatable bonds is 5. The molecule has 2 N–H and O–H groups in total. The van der Waals surface area contributed by atoms with Crippen molar-refractivity contribution >= 4 is 17.9 Å². The minimum absolute atomic E-state index is 0.00280. The molecule has 1 aliphatic rings. The zero-order valence-electron chi connectivity index (χ0n) is 8.97. The van der Waals surface area contributed by atoms with Gasteiger partial charge in [0, 0.05) is 12.6 Å². The second-order valence-corrected chi connectivity index (χ2v) is 3.48. The minimum atomic E-state index is -1.10. The predicted octanol–water partition coefficient (Wildman–Crippen LogP) is 0.348. The fourth-order valence-electron chi connectivity index (χ4n) is 1.49. The number of amides is 3. The van der Waals surface area contributed by atoms with Gasteiger partial charge in [-0.1, -0.05) is 19.4 Å². The SMILES string of the molecule is CCCC1NC(=O)N(CC=CC(=O)O)C1=O. The van der Waals surface area contributed by atoms with Crippen LogP contribution in [0.25, 0.3) is 0 Å². The Labute approximate surface area is 92.9 Å². The Hall–Kier alpha value is -1.85. The van der Waals surface area contributed by atoms with Gasteiger partial charge in [-0.05, 0) is 6.42 Å². The van der Waals surface area contributed by atoms with Crippen LogP contribution in [0, 0.1) is 0 Å². The molecule has 1 saturated heterocycles. The zero-order valence-corrected chi connectivity index (χ0v) is 8.97. The highest BCUT2D eigenvalue weighted by Crippen LogP contribution is 2.10. The van der Waals surface area contributed by atoms with Gasteiger partial charge in [0.2, 0.25) is 0 Å². The molecule has 0 radical (unpaired) electrons. The summed E-state index contributed by atoms with van der Waals surface area (Å²) in [4.78, 5) is 34.2. The van der Waals surface area contributed by atoms with E-state index in [9.17, 15) is 14.4 Å². The van der Waals surface area contributed by atoms with Gasteiger partial charge in [0.15, 0.2) is 0 Å². The second-order valence-electron chi connectivity index (χ2n) is 3.48. The number of carboxylic acid groups (broad SMARTS) is 1. The summed E-state index contributed by atoms with van der Waals surface area (Å²) in [7, 11) is 0. The van der Waals surface area contributed by atoms with E-state index in [4.69, 9.17) is 5.11 Å². The third-order valence-corrected chi connectivity index (χ3v) is 2.23. The first-order valence-electron chi connectivity index (χ1n) is 5.07. The quantitative estimate of drug-likeness (QED) is 0.523. The van der Waals surface area contributed by atoms with Crippen LogP contribution >= 0.6 is 0 Å². The van der Waals surface area contributed by atoms with E-state index in [0.717, 1.165) is 17.4 Å². The molecule has 0 aromatic rings. The number of carbonyl (C=O) groups is 3. The van der Waals surface area contributed by atoms with Gasteiger partial charge in [-0.15, -0.1) is 0 Å². The molecule has 1 heterocycles. The molecule has 1 rings (SSSR count). The number of carbonyl (C=O) groups excluding carboxylic acids is 2. The summed E-state index contributed by atoms with van der Waals surface area (Å²) in [5.41, 5.74) is 0. The summed E-state index contributed by atoms with van der Waals surface area (Å²) in [5.74, 6) is -1.39. The van der Waals surface area contributed by atoms with Crippen LogP contribution in [-0.4, -0.2) is 40.5 Å². The molecule has 0 aromatic carbocycles. The molecule has 0 saturated carbocycles. The Morgan fingerprint density at radius 1 is 1.56 bits per heavy atom. The summed E-state index contributed by atoms with van der Waals surface area (Å²) >= 11 is 0. The third kappa shape index (κ3) is 2.82. The summed E-state index contributed by atoms with van der Waals surface area (Å²) in [6.45, 7) is 1.92. The molecule has 1 aliphatic heterocycles. The van der Waals surface area contributed by atoms with Gasteiger partial charge < -0.3 is 10.4 Å². The van der Waals surface area contributed by atoms with Crippen molar-refractivity contribution < 1.29 is 19.5 Å². The lowest BCUT2D eigenvalue weighted by Gasteiger charge is -2.09. The van der Waals surface area contributed by atoms with Crippen molar-refractivity contribution in [2.24, 2.45) is 0 Å². The molecule has 6 heteroatoms. The molecule has 88 valence electrons. The average molecular weight is 226 g/mol. The van der Waals surface area contributed by atoms with Crippen LogP contribution in [-0.2, 0) is 9.59 Å². The van der Waals surface area contributed by atoms with Crippen molar-refractivity contribution in [2.75, 3.05) is 6.54 Å². The molecule has 1 atom stereocenters. The topological polar surface area (TPSA) is 86.7 Å². The van der Waals surface area contributed by atoms with Gasteiger partial charge >= 0.3 is 12.0 Å².